The summed E-state index contributed by atoms with van der Waals surface area (Å²) in [5.41, 5.74) is 2.77. The molecule has 3 N–H and O–H groups in total. The molecule has 2 fully saturated rings. The molecule has 3 aliphatic heterocycles. The Morgan fingerprint density at radius 3 is 2.86 bits per heavy atom. The van der Waals surface area contributed by atoms with E-state index in [1.165, 1.54) is 9.80 Å². The molecule has 5 heterocycles. The minimum atomic E-state index is -0.937. The Hall–Kier alpha value is -4.91. The van der Waals surface area contributed by atoms with Crippen molar-refractivity contribution in [1.29, 1.82) is 0 Å². The first kappa shape index (κ1) is 28.2. The van der Waals surface area contributed by atoms with Crippen LogP contribution in [0.15, 0.2) is 54.6 Å². The molecule has 3 amide bonds. The van der Waals surface area contributed by atoms with E-state index in [-0.39, 0.29) is 30.8 Å². The maximum Gasteiger partial charge on any atom is 0.415 e. The number of aromatic nitrogens is 2. The number of carbonyl (C=O) groups excluding carboxylic acids is 2. The van der Waals surface area contributed by atoms with Crippen LogP contribution in [0.5, 0.6) is 11.6 Å². The Kier molecular flexibility index (Phi) is 7.97. The van der Waals surface area contributed by atoms with E-state index >= 15 is 0 Å². The summed E-state index contributed by atoms with van der Waals surface area (Å²) >= 11 is 0. The number of ether oxygens (including phenoxy) is 3. The maximum atomic E-state index is 12.5. The van der Waals surface area contributed by atoms with E-state index in [0.29, 0.717) is 62.3 Å². The van der Waals surface area contributed by atoms with Crippen LogP contribution < -0.4 is 25.0 Å². The highest BCUT2D eigenvalue weighted by Gasteiger charge is 2.36. The zero-order valence-corrected chi connectivity index (χ0v) is 23.6. The molecule has 2 aromatic heterocycles. The minimum Gasteiger partial charge on any atom is -0.480 e. The second kappa shape index (κ2) is 12.1. The number of fused-ring (bicyclic) bond motifs is 1. The standard InChI is InChI=1S/C30H32N6O7/c1-18-23(11-13-35(18)29(38)39)43-27-7-3-6-22(32-27)20-5-2-4-19(14-20)15-31-12-10-21-16-36(30(40)42-21)25-9-8-24-28(33-25)34-26(37)17-41-24/h2-9,14,18,21,23,31H,10-13,15-17H2,1H3,(H,38,39)(H,33,34,37)/t18-,21-,23-/m0/s1. The summed E-state index contributed by atoms with van der Waals surface area (Å²) in [5.74, 6) is 1.32. The topological polar surface area (TPSA) is 155 Å². The van der Waals surface area contributed by atoms with Crippen molar-refractivity contribution < 1.29 is 33.7 Å². The molecule has 13 heteroatoms. The van der Waals surface area contributed by atoms with E-state index in [1.54, 1.807) is 18.2 Å². The molecular formula is C30H32N6O7. The molecule has 0 unspecified atom stereocenters. The minimum absolute atomic E-state index is 0.0609. The summed E-state index contributed by atoms with van der Waals surface area (Å²) in [6, 6.07) is 16.7. The van der Waals surface area contributed by atoms with Gasteiger partial charge in [-0.05, 0) is 49.7 Å². The zero-order valence-electron chi connectivity index (χ0n) is 23.6. The molecular weight excluding hydrogens is 556 g/mol. The molecule has 1 aromatic carbocycles. The first-order chi connectivity index (χ1) is 20.8. The molecule has 43 heavy (non-hydrogen) atoms. The van der Waals surface area contributed by atoms with Gasteiger partial charge in [-0.2, -0.15) is 0 Å². The second-order valence-corrected chi connectivity index (χ2v) is 10.7. The van der Waals surface area contributed by atoms with Crippen molar-refractivity contribution in [2.24, 2.45) is 0 Å². The average molecular weight is 589 g/mol. The molecule has 6 rings (SSSR count). The van der Waals surface area contributed by atoms with Crippen molar-refractivity contribution in [3.8, 4) is 22.9 Å². The van der Waals surface area contributed by atoms with Crippen molar-refractivity contribution in [2.75, 3.05) is 36.5 Å². The normalized spacial score (nSPS) is 21.2. The SMILES string of the molecule is C[C@H]1[C@@H](Oc2cccc(-c3cccc(CNCC[C@H]4CN(c5ccc6c(n5)NC(=O)CO6)C(=O)O4)c3)n2)CCN1C(=O)O. The molecule has 0 bridgehead atoms. The molecule has 0 saturated carbocycles. The molecule has 0 aliphatic carbocycles. The fourth-order valence-corrected chi connectivity index (χ4v) is 5.43. The number of pyridine rings is 2. The Bertz CT molecular complexity index is 1530. The fraction of sp³-hybridized carbons (Fsp3) is 0.367. The number of benzene rings is 1. The van der Waals surface area contributed by atoms with Gasteiger partial charge in [0.05, 0.1) is 18.3 Å². The number of rotatable bonds is 9. The van der Waals surface area contributed by atoms with Gasteiger partial charge in [0.15, 0.2) is 18.2 Å². The van der Waals surface area contributed by atoms with Gasteiger partial charge in [-0.1, -0.05) is 24.3 Å². The van der Waals surface area contributed by atoms with E-state index < -0.39 is 12.2 Å². The highest BCUT2D eigenvalue weighted by atomic mass is 16.6. The summed E-state index contributed by atoms with van der Waals surface area (Å²) in [5, 5.41) is 15.4. The average Bonchev–Trinajstić information content (AvgIpc) is 3.56. The van der Waals surface area contributed by atoms with Crippen molar-refractivity contribution in [1.82, 2.24) is 20.2 Å². The predicted octanol–water partition coefficient (Wildman–Crippen LogP) is 3.50. The number of likely N-dealkylation sites (tertiary alicyclic amines) is 1. The fourth-order valence-electron chi connectivity index (χ4n) is 5.43. The number of amides is 3. The van der Waals surface area contributed by atoms with E-state index in [0.717, 1.165) is 16.8 Å². The number of cyclic esters (lactones) is 1. The molecule has 3 atom stereocenters. The van der Waals surface area contributed by atoms with Crippen LogP contribution in [0.25, 0.3) is 11.3 Å². The number of anilines is 2. The van der Waals surface area contributed by atoms with E-state index in [2.05, 4.69) is 26.7 Å². The Morgan fingerprint density at radius 1 is 1.16 bits per heavy atom. The Morgan fingerprint density at radius 2 is 2.02 bits per heavy atom. The van der Waals surface area contributed by atoms with Crippen molar-refractivity contribution >= 4 is 29.7 Å². The van der Waals surface area contributed by atoms with Gasteiger partial charge in [-0.3, -0.25) is 9.69 Å². The van der Waals surface area contributed by atoms with Gasteiger partial charge in [0.2, 0.25) is 5.88 Å². The maximum absolute atomic E-state index is 12.5. The first-order valence-electron chi connectivity index (χ1n) is 14.2. The third kappa shape index (κ3) is 6.31. The third-order valence-corrected chi connectivity index (χ3v) is 7.73. The molecule has 0 spiro atoms. The van der Waals surface area contributed by atoms with Gasteiger partial charge in [0.25, 0.3) is 5.91 Å². The second-order valence-electron chi connectivity index (χ2n) is 10.7. The third-order valence-electron chi connectivity index (χ3n) is 7.73. The zero-order chi connectivity index (χ0) is 29.9. The summed E-state index contributed by atoms with van der Waals surface area (Å²) in [6.45, 7) is 3.84. The lowest BCUT2D eigenvalue weighted by molar-refractivity contribution is -0.118. The van der Waals surface area contributed by atoms with Gasteiger partial charge in [-0.25, -0.2) is 19.6 Å². The molecule has 224 valence electrons. The van der Waals surface area contributed by atoms with Crippen LogP contribution in [0, 0.1) is 0 Å². The molecule has 3 aromatic rings. The quantitative estimate of drug-likeness (QED) is 0.316. The van der Waals surface area contributed by atoms with Gasteiger partial charge in [0, 0.05) is 31.1 Å². The van der Waals surface area contributed by atoms with Crippen LogP contribution in [0.1, 0.15) is 25.3 Å². The predicted molar refractivity (Wildman–Crippen MR) is 155 cm³/mol. The lowest BCUT2D eigenvalue weighted by Gasteiger charge is -2.22. The number of carbonyl (C=O) groups is 3. The van der Waals surface area contributed by atoms with Crippen LogP contribution in [0.4, 0.5) is 21.2 Å². The Labute approximate surface area is 247 Å². The van der Waals surface area contributed by atoms with E-state index in [9.17, 15) is 19.5 Å². The van der Waals surface area contributed by atoms with Crippen LogP contribution >= 0.6 is 0 Å². The summed E-state index contributed by atoms with van der Waals surface area (Å²) in [7, 11) is 0. The number of nitrogens with zero attached hydrogens (tertiary/aromatic N) is 4. The molecule has 13 nitrogen and oxygen atoms in total. The van der Waals surface area contributed by atoms with Crippen LogP contribution in [0.2, 0.25) is 0 Å². The highest BCUT2D eigenvalue weighted by molar-refractivity contribution is 5.95. The van der Waals surface area contributed by atoms with Gasteiger partial charge in [0.1, 0.15) is 18.0 Å². The summed E-state index contributed by atoms with van der Waals surface area (Å²) < 4.78 is 16.9. The Balaban J connectivity index is 0.999. The number of hydrogen-bond donors (Lipinski definition) is 3. The lowest BCUT2D eigenvalue weighted by atomic mass is 10.1. The lowest BCUT2D eigenvalue weighted by Crippen LogP contribution is -2.38. The molecule has 3 aliphatic rings. The summed E-state index contributed by atoms with van der Waals surface area (Å²) in [4.78, 5) is 47.4. The van der Waals surface area contributed by atoms with Gasteiger partial charge in [-0.15, -0.1) is 0 Å². The number of hydrogen-bond acceptors (Lipinski definition) is 9. The largest absolute Gasteiger partial charge is 0.480 e. The first-order valence-corrected chi connectivity index (χ1v) is 14.2. The van der Waals surface area contributed by atoms with E-state index in [4.69, 9.17) is 14.2 Å². The van der Waals surface area contributed by atoms with Crippen LogP contribution in [-0.2, 0) is 16.1 Å². The number of nitrogens with one attached hydrogen (secondary N) is 2. The van der Waals surface area contributed by atoms with Crippen LogP contribution in [0.3, 0.4) is 0 Å². The monoisotopic (exact) mass is 588 g/mol. The highest BCUT2D eigenvalue weighted by Crippen LogP contribution is 2.30. The van der Waals surface area contributed by atoms with Crippen molar-refractivity contribution in [3.05, 3.63) is 60.2 Å². The van der Waals surface area contributed by atoms with Crippen LogP contribution in [-0.4, -0.2) is 82.6 Å². The summed E-state index contributed by atoms with van der Waals surface area (Å²) in [6.07, 6.45) is -0.717. The van der Waals surface area contributed by atoms with Crippen molar-refractivity contribution in [3.63, 3.8) is 0 Å². The molecule has 2 saturated heterocycles. The van der Waals surface area contributed by atoms with Crippen molar-refractivity contribution in [2.45, 2.75) is 44.6 Å². The van der Waals surface area contributed by atoms with E-state index in [1.807, 2.05) is 37.3 Å². The van der Waals surface area contributed by atoms with Gasteiger partial charge >= 0.3 is 12.2 Å². The smallest absolute Gasteiger partial charge is 0.415 e. The van der Waals surface area contributed by atoms with Gasteiger partial charge < -0.3 is 34.9 Å². The number of carboxylic acid groups (broad SMARTS) is 1. The molecule has 0 radical (unpaired) electrons.